The Balaban J connectivity index is -0.0000000711. The highest BCUT2D eigenvalue weighted by Gasteiger charge is 2.28. The minimum absolute atomic E-state index is 0.248. The zero-order valence-corrected chi connectivity index (χ0v) is 24.9. The number of aliphatic hydroxyl groups excluding tert-OH is 4. The van der Waals surface area contributed by atoms with Crippen LogP contribution in [-0.2, 0) is 32.2 Å². The van der Waals surface area contributed by atoms with Crippen molar-refractivity contribution in [1.82, 2.24) is 0 Å². The average Bonchev–Trinajstić information content (AvgIpc) is 2.57. The van der Waals surface area contributed by atoms with Crippen LogP contribution >= 0.6 is 46.9 Å². The fraction of sp³-hybridized carbons (Fsp3) is 0.833. The lowest BCUT2D eigenvalue weighted by Crippen LogP contribution is -2.49. The van der Waals surface area contributed by atoms with Gasteiger partial charge in [0.15, 0.2) is 0 Å². The summed E-state index contributed by atoms with van der Waals surface area (Å²) >= 11 is 0. The third-order valence-corrected chi connectivity index (χ3v) is 1.48. The Bertz CT molecular complexity index is 726. The van der Waals surface area contributed by atoms with E-state index >= 15 is 0 Å². The van der Waals surface area contributed by atoms with E-state index in [9.17, 15) is 4.79 Å². The van der Waals surface area contributed by atoms with E-state index in [0.29, 0.717) is 0 Å². The SMILES string of the molecule is N[C@@H](C=O)[C@@H](O)[C@H](O)[C@H](O)CO.O=P(O)(O)O.O=P(O)(O)O.O=P(O)(O)O.O=P(O)(O)O.O=P(O)(O)O.O=P(O)(O)O. The van der Waals surface area contributed by atoms with Crippen LogP contribution in [0.2, 0.25) is 0 Å². The number of aldehydes is 1. The molecular weight excluding hydrogens is 736 g/mol. The first-order chi connectivity index (χ1) is 17.5. The van der Waals surface area contributed by atoms with Crippen molar-refractivity contribution in [3.05, 3.63) is 0 Å². The van der Waals surface area contributed by atoms with Crippen LogP contribution < -0.4 is 5.73 Å². The lowest BCUT2D eigenvalue weighted by Gasteiger charge is -2.23. The molecule has 0 rings (SSSR count). The maximum Gasteiger partial charge on any atom is 0.466 e. The van der Waals surface area contributed by atoms with Gasteiger partial charge in [-0.1, -0.05) is 0 Å². The highest BCUT2D eigenvalue weighted by molar-refractivity contribution is 7.46. The maximum absolute atomic E-state index is 10.0. The molecule has 30 nitrogen and oxygen atoms in total. The molecule has 0 unspecified atom stereocenters. The first kappa shape index (κ1) is 57.8. The molecule has 0 aliphatic rings. The largest absolute Gasteiger partial charge is 0.466 e. The van der Waals surface area contributed by atoms with Gasteiger partial charge in [0.05, 0.1) is 12.6 Å². The highest BCUT2D eigenvalue weighted by atomic mass is 31.2. The lowest BCUT2D eigenvalue weighted by molar-refractivity contribution is -0.118. The Morgan fingerprint density at radius 3 is 0.690 bits per heavy atom. The third kappa shape index (κ3) is 236. The van der Waals surface area contributed by atoms with Gasteiger partial charge in [-0.05, 0) is 0 Å². The Morgan fingerprint density at radius 2 is 0.595 bits per heavy atom. The molecule has 36 heteroatoms. The zero-order valence-electron chi connectivity index (χ0n) is 19.6. The molecule has 0 aromatic rings. The van der Waals surface area contributed by atoms with E-state index in [-0.39, 0.29) is 6.29 Å². The van der Waals surface area contributed by atoms with E-state index in [4.69, 9.17) is 142 Å². The monoisotopic (exact) mass is 767 g/mol. The smallest absolute Gasteiger partial charge is 0.394 e. The predicted octanol–water partition coefficient (Wildman–Crippen LogP) is -8.98. The van der Waals surface area contributed by atoms with Gasteiger partial charge in [0, 0.05) is 0 Å². The van der Waals surface area contributed by atoms with E-state index in [2.05, 4.69) is 0 Å². The molecule has 0 fully saturated rings. The van der Waals surface area contributed by atoms with Crippen LogP contribution in [0.1, 0.15) is 0 Å². The van der Waals surface area contributed by atoms with Crippen LogP contribution in [0, 0.1) is 0 Å². The topological polar surface area (TPSA) is 591 Å². The van der Waals surface area contributed by atoms with Crippen molar-refractivity contribution in [3.63, 3.8) is 0 Å². The standard InChI is InChI=1S/C6H13NO5.6H3O4P/c7-3(1-8)5(11)6(12)4(10)2-9;6*1-5(2,3)4/h1,3-6,9-12H,2,7H2;6*(H3,1,2,3,4)/t3-,4+,5+,6+;;;;;;/m0....../s1. The molecule has 0 aliphatic carbocycles. The van der Waals surface area contributed by atoms with Gasteiger partial charge in [-0.15, -0.1) is 0 Å². The molecular formula is C6H31NO29P6. The second-order valence-corrected chi connectivity index (χ2v) is 11.7. The summed E-state index contributed by atoms with van der Waals surface area (Å²) in [4.78, 5) is 139. The van der Waals surface area contributed by atoms with Crippen molar-refractivity contribution in [1.29, 1.82) is 0 Å². The Morgan fingerprint density at radius 1 is 0.452 bits per heavy atom. The van der Waals surface area contributed by atoms with Crippen LogP contribution in [-0.4, -0.2) is 146 Å². The molecule has 0 aromatic carbocycles. The van der Waals surface area contributed by atoms with E-state index in [0.717, 1.165) is 0 Å². The summed E-state index contributed by atoms with van der Waals surface area (Å²) in [6.45, 7) is -0.705. The normalized spacial score (nSPS) is 14.5. The lowest BCUT2D eigenvalue weighted by atomic mass is 10.0. The maximum atomic E-state index is 10.0. The molecule has 0 radical (unpaired) electrons. The molecule has 264 valence electrons. The van der Waals surface area contributed by atoms with Crippen molar-refractivity contribution < 1.29 is 141 Å². The number of phosphoric acid groups is 6. The average molecular weight is 767 g/mol. The second kappa shape index (κ2) is 26.4. The highest BCUT2D eigenvalue weighted by Crippen LogP contribution is 2.27. The summed E-state index contributed by atoms with van der Waals surface area (Å²) in [5, 5.41) is 35.2. The molecule has 0 heterocycles. The molecule has 0 aliphatic heterocycles. The summed E-state index contributed by atoms with van der Waals surface area (Å²) in [7, 11) is -27.8. The quantitative estimate of drug-likeness (QED) is 0.0912. The number of aliphatic hydroxyl groups is 4. The Labute approximate surface area is 231 Å². The first-order valence-corrected chi connectivity index (χ1v) is 17.5. The molecule has 0 bridgehead atoms. The number of hydrogen-bond acceptors (Lipinski definition) is 12. The van der Waals surface area contributed by atoms with Crippen LogP contribution in [0.25, 0.3) is 0 Å². The summed E-state index contributed by atoms with van der Waals surface area (Å²) in [5.74, 6) is 0. The first-order valence-electron chi connectivity index (χ1n) is 8.10. The number of hydrogen-bond donors (Lipinski definition) is 23. The molecule has 0 aromatic heterocycles. The molecule has 4 atom stereocenters. The van der Waals surface area contributed by atoms with Gasteiger partial charge in [0.25, 0.3) is 0 Å². The molecule has 0 saturated heterocycles. The van der Waals surface area contributed by atoms with Crippen molar-refractivity contribution >= 4 is 53.2 Å². The molecule has 0 amide bonds. The molecule has 0 saturated carbocycles. The second-order valence-electron chi connectivity index (χ2n) is 5.52. The zero-order chi connectivity index (χ0) is 36.7. The summed E-state index contributed by atoms with van der Waals surface area (Å²) in [6, 6.07) is -1.26. The van der Waals surface area contributed by atoms with Crippen molar-refractivity contribution in [3.8, 4) is 0 Å². The van der Waals surface area contributed by atoms with Gasteiger partial charge in [-0.3, -0.25) is 0 Å². The fourth-order valence-electron chi connectivity index (χ4n) is 0.644. The molecule has 0 spiro atoms. The van der Waals surface area contributed by atoms with Crippen molar-refractivity contribution in [2.24, 2.45) is 5.73 Å². The van der Waals surface area contributed by atoms with E-state index in [1.54, 1.807) is 0 Å². The number of carbonyl (C=O) groups excluding carboxylic acids is 1. The van der Waals surface area contributed by atoms with Gasteiger partial charge in [0.1, 0.15) is 24.6 Å². The molecule has 24 N–H and O–H groups in total. The number of nitrogens with two attached hydrogens (primary N) is 1. The van der Waals surface area contributed by atoms with Gasteiger partial charge < -0.3 is 119 Å². The van der Waals surface area contributed by atoms with Gasteiger partial charge in [0.2, 0.25) is 0 Å². The fourth-order valence-corrected chi connectivity index (χ4v) is 0.644. The molecule has 42 heavy (non-hydrogen) atoms. The number of rotatable bonds is 5. The van der Waals surface area contributed by atoms with Gasteiger partial charge in [-0.2, -0.15) is 0 Å². The Hall–Kier alpha value is 0.130. The predicted molar refractivity (Wildman–Crippen MR) is 125 cm³/mol. The van der Waals surface area contributed by atoms with Crippen molar-refractivity contribution in [2.75, 3.05) is 6.61 Å². The van der Waals surface area contributed by atoms with E-state index in [1.807, 2.05) is 0 Å². The van der Waals surface area contributed by atoms with Crippen LogP contribution in [0.5, 0.6) is 0 Å². The summed E-state index contributed by atoms with van der Waals surface area (Å²) in [5.41, 5.74) is 5.04. The van der Waals surface area contributed by atoms with Gasteiger partial charge in [-0.25, -0.2) is 27.4 Å². The number of carbonyl (C=O) groups is 1. The summed E-state index contributed by atoms with van der Waals surface area (Å²) in [6.07, 6.45) is -4.43. The Kier molecular flexibility index (Phi) is 36.2. The van der Waals surface area contributed by atoms with Crippen LogP contribution in [0.4, 0.5) is 0 Å². The van der Waals surface area contributed by atoms with E-state index < -0.39 is 77.9 Å². The van der Waals surface area contributed by atoms with E-state index in [1.165, 1.54) is 0 Å². The van der Waals surface area contributed by atoms with Crippen LogP contribution in [0.15, 0.2) is 0 Å². The third-order valence-electron chi connectivity index (χ3n) is 1.48. The van der Waals surface area contributed by atoms with Crippen LogP contribution in [0.3, 0.4) is 0 Å². The van der Waals surface area contributed by atoms with Gasteiger partial charge >= 0.3 is 46.9 Å². The minimum atomic E-state index is -4.64. The minimum Gasteiger partial charge on any atom is -0.394 e. The summed E-state index contributed by atoms with van der Waals surface area (Å²) < 4.78 is 53.3. The van der Waals surface area contributed by atoms with Crippen molar-refractivity contribution in [2.45, 2.75) is 24.4 Å².